The summed E-state index contributed by atoms with van der Waals surface area (Å²) >= 11 is 0. The van der Waals surface area contributed by atoms with E-state index in [1.807, 2.05) is 13.8 Å². The molecule has 0 spiro atoms. The van der Waals surface area contributed by atoms with Gasteiger partial charge in [0.25, 0.3) is 0 Å². The van der Waals surface area contributed by atoms with E-state index >= 15 is 0 Å². The fraction of sp³-hybridized carbons (Fsp3) is 0.562. The van der Waals surface area contributed by atoms with Crippen molar-refractivity contribution in [1.29, 1.82) is 0 Å². The molecule has 0 radical (unpaired) electrons. The Morgan fingerprint density at radius 3 is 1.94 bits per heavy atom. The Bertz CT molecular complexity index is 309. The van der Waals surface area contributed by atoms with E-state index in [2.05, 4.69) is 39.0 Å². The number of Topliss-reactive ketones (excluding diaryl/α,β-unsaturated/α-hetero) is 1. The number of aryl methyl sites for hydroxylation is 3. The first-order chi connectivity index (χ1) is 7.97. The van der Waals surface area contributed by atoms with Gasteiger partial charge < -0.3 is 4.79 Å². The summed E-state index contributed by atoms with van der Waals surface area (Å²) in [5, 5.41) is 0. The highest BCUT2D eigenvalue weighted by atomic mass is 16.1. The van der Waals surface area contributed by atoms with Gasteiger partial charge in [-0.3, -0.25) is 0 Å². The van der Waals surface area contributed by atoms with Crippen LogP contribution < -0.4 is 0 Å². The maximum absolute atomic E-state index is 9.44. The molecule has 1 aromatic carbocycles. The number of benzene rings is 1. The summed E-state index contributed by atoms with van der Waals surface area (Å²) in [6.45, 7) is 13.6. The molecule has 0 N–H and O–H groups in total. The standard InChI is InChI=1S/C11H16.C3H6O.C2H6/c1-4-5-11-7-6-9(2)8-10(11)3;1-3(2)4;1-2/h6-8H,4-5H2,1-3H3;1-2H3;1-2H3. The molecular formula is C16H28O. The molecule has 0 atom stereocenters. The van der Waals surface area contributed by atoms with E-state index < -0.39 is 0 Å². The first kappa shape index (κ1) is 18.3. The third-order valence-electron chi connectivity index (χ3n) is 2.02. The van der Waals surface area contributed by atoms with Crippen LogP contribution in [0.4, 0.5) is 0 Å². The molecule has 0 aliphatic heterocycles. The molecular weight excluding hydrogens is 208 g/mol. The van der Waals surface area contributed by atoms with Gasteiger partial charge in [0.1, 0.15) is 5.78 Å². The maximum Gasteiger partial charge on any atom is 0.126 e. The van der Waals surface area contributed by atoms with Crippen LogP contribution in [-0.2, 0) is 11.2 Å². The third kappa shape index (κ3) is 11.2. The molecule has 0 aliphatic carbocycles. The minimum absolute atomic E-state index is 0.167. The summed E-state index contributed by atoms with van der Waals surface area (Å²) in [5.41, 5.74) is 4.30. The van der Waals surface area contributed by atoms with Crippen molar-refractivity contribution in [2.45, 2.75) is 61.3 Å². The van der Waals surface area contributed by atoms with E-state index in [4.69, 9.17) is 0 Å². The lowest BCUT2D eigenvalue weighted by molar-refractivity contribution is -0.114. The molecule has 0 unspecified atom stereocenters. The number of carbonyl (C=O) groups is 1. The van der Waals surface area contributed by atoms with Crippen molar-refractivity contribution in [3.63, 3.8) is 0 Å². The zero-order valence-corrected chi connectivity index (χ0v) is 12.6. The summed E-state index contributed by atoms with van der Waals surface area (Å²) in [5.74, 6) is 0.167. The number of ketones is 1. The molecule has 1 heteroatoms. The Hall–Kier alpha value is -1.11. The first-order valence-electron chi connectivity index (χ1n) is 6.50. The van der Waals surface area contributed by atoms with E-state index in [-0.39, 0.29) is 5.78 Å². The van der Waals surface area contributed by atoms with Crippen molar-refractivity contribution < 1.29 is 4.79 Å². The van der Waals surface area contributed by atoms with Crippen LogP contribution in [0.3, 0.4) is 0 Å². The second kappa shape index (κ2) is 11.4. The molecule has 0 aromatic heterocycles. The molecule has 0 saturated carbocycles. The van der Waals surface area contributed by atoms with Crippen LogP contribution in [0.15, 0.2) is 18.2 Å². The lowest BCUT2D eigenvalue weighted by Gasteiger charge is -2.04. The zero-order valence-electron chi connectivity index (χ0n) is 12.6. The van der Waals surface area contributed by atoms with Crippen molar-refractivity contribution in [1.82, 2.24) is 0 Å². The Balaban J connectivity index is 0. The fourth-order valence-electron chi connectivity index (χ4n) is 1.40. The zero-order chi connectivity index (χ0) is 13.8. The van der Waals surface area contributed by atoms with Crippen LogP contribution in [0.5, 0.6) is 0 Å². The average Bonchev–Trinajstić information content (AvgIpc) is 2.24. The molecule has 1 nitrogen and oxygen atoms in total. The predicted octanol–water partition coefficient (Wildman–Crippen LogP) is 4.88. The van der Waals surface area contributed by atoms with Gasteiger partial charge in [0.15, 0.2) is 0 Å². The van der Waals surface area contributed by atoms with Crippen LogP contribution in [0.25, 0.3) is 0 Å². The highest BCUT2D eigenvalue weighted by Gasteiger charge is 1.95. The lowest BCUT2D eigenvalue weighted by atomic mass is 10.0. The molecule has 0 heterocycles. The second-order valence-corrected chi connectivity index (χ2v) is 4.09. The first-order valence-corrected chi connectivity index (χ1v) is 6.50. The Morgan fingerprint density at radius 2 is 1.59 bits per heavy atom. The third-order valence-corrected chi connectivity index (χ3v) is 2.02. The van der Waals surface area contributed by atoms with Crippen LogP contribution in [-0.4, -0.2) is 5.78 Å². The van der Waals surface area contributed by atoms with Crippen molar-refractivity contribution in [3.05, 3.63) is 34.9 Å². The number of rotatable bonds is 2. The van der Waals surface area contributed by atoms with E-state index in [0.717, 1.165) is 0 Å². The van der Waals surface area contributed by atoms with Crippen molar-refractivity contribution in [3.8, 4) is 0 Å². The van der Waals surface area contributed by atoms with E-state index in [9.17, 15) is 4.79 Å². The minimum Gasteiger partial charge on any atom is -0.300 e. The van der Waals surface area contributed by atoms with Gasteiger partial charge in [-0.15, -0.1) is 0 Å². The highest BCUT2D eigenvalue weighted by molar-refractivity contribution is 5.72. The van der Waals surface area contributed by atoms with Gasteiger partial charge in [0.2, 0.25) is 0 Å². The molecule has 17 heavy (non-hydrogen) atoms. The van der Waals surface area contributed by atoms with Gasteiger partial charge in [0, 0.05) is 0 Å². The molecule has 1 aromatic rings. The molecule has 0 amide bonds. The van der Waals surface area contributed by atoms with Crippen molar-refractivity contribution >= 4 is 5.78 Å². The number of hydrogen-bond acceptors (Lipinski definition) is 1. The maximum atomic E-state index is 9.44. The molecule has 1 rings (SSSR count). The molecule has 0 bridgehead atoms. The minimum atomic E-state index is 0.167. The van der Waals surface area contributed by atoms with E-state index in [1.54, 1.807) is 0 Å². The van der Waals surface area contributed by atoms with Crippen molar-refractivity contribution in [2.75, 3.05) is 0 Å². The van der Waals surface area contributed by atoms with Gasteiger partial charge in [-0.1, -0.05) is 51.0 Å². The highest BCUT2D eigenvalue weighted by Crippen LogP contribution is 2.11. The quantitative estimate of drug-likeness (QED) is 0.715. The van der Waals surface area contributed by atoms with Gasteiger partial charge in [-0.05, 0) is 45.2 Å². The van der Waals surface area contributed by atoms with Crippen LogP contribution in [0, 0.1) is 13.8 Å². The van der Waals surface area contributed by atoms with Crippen LogP contribution in [0.1, 0.15) is 57.7 Å². The smallest absolute Gasteiger partial charge is 0.126 e. The van der Waals surface area contributed by atoms with Crippen LogP contribution in [0.2, 0.25) is 0 Å². The largest absolute Gasteiger partial charge is 0.300 e. The molecule has 0 aliphatic rings. The SMILES string of the molecule is CC.CC(C)=O.CCCc1ccc(C)cc1C. The molecule has 0 fully saturated rings. The summed E-state index contributed by atoms with van der Waals surface area (Å²) in [6, 6.07) is 6.69. The number of carbonyl (C=O) groups excluding carboxylic acids is 1. The van der Waals surface area contributed by atoms with Crippen LogP contribution >= 0.6 is 0 Å². The van der Waals surface area contributed by atoms with E-state index in [0.29, 0.717) is 0 Å². The number of hydrogen-bond donors (Lipinski definition) is 0. The normalized spacial score (nSPS) is 8.41. The topological polar surface area (TPSA) is 17.1 Å². The predicted molar refractivity (Wildman–Crippen MR) is 77.6 cm³/mol. The summed E-state index contributed by atoms with van der Waals surface area (Å²) in [7, 11) is 0. The van der Waals surface area contributed by atoms with Gasteiger partial charge in [0.05, 0.1) is 0 Å². The monoisotopic (exact) mass is 236 g/mol. The summed E-state index contributed by atoms with van der Waals surface area (Å²) < 4.78 is 0. The average molecular weight is 236 g/mol. The Kier molecular flexibility index (Phi) is 12.2. The van der Waals surface area contributed by atoms with Gasteiger partial charge in [-0.25, -0.2) is 0 Å². The van der Waals surface area contributed by atoms with E-state index in [1.165, 1.54) is 43.4 Å². The van der Waals surface area contributed by atoms with Gasteiger partial charge in [-0.2, -0.15) is 0 Å². The van der Waals surface area contributed by atoms with Crippen molar-refractivity contribution in [2.24, 2.45) is 0 Å². The fourth-order valence-corrected chi connectivity index (χ4v) is 1.40. The van der Waals surface area contributed by atoms with Gasteiger partial charge >= 0.3 is 0 Å². The summed E-state index contributed by atoms with van der Waals surface area (Å²) in [6.07, 6.45) is 2.45. The Labute approximate surface area is 107 Å². The summed E-state index contributed by atoms with van der Waals surface area (Å²) in [4.78, 5) is 9.44. The molecule has 98 valence electrons. The molecule has 0 saturated heterocycles. The Morgan fingerprint density at radius 1 is 1.12 bits per heavy atom. The second-order valence-electron chi connectivity index (χ2n) is 4.09. The lowest BCUT2D eigenvalue weighted by Crippen LogP contribution is -1.88.